The minimum atomic E-state index is -1.77. The second-order valence-electron chi connectivity index (χ2n) is 6.48. The molecule has 0 bridgehead atoms. The van der Waals surface area contributed by atoms with Gasteiger partial charge in [-0.2, -0.15) is 0 Å². The fraction of sp³-hybridized carbons (Fsp3) is 0.600. The van der Waals surface area contributed by atoms with Crippen LogP contribution >= 0.6 is 0 Å². The first-order valence-electron chi connectivity index (χ1n) is 8.14. The zero-order valence-corrected chi connectivity index (χ0v) is 14.3. The standard InChI is InChI=1S/C15H21FN6O4/c1-6(2)9(17)15(24)25-3-7-11(23)8(16)14(26-7)22-5-21-10-12(18)19-4-20-13(10)22/h4-9,11,14,23H,3,17H2,1-2H3,(H2,18,19,20)/t7-,8+,9+,11-,14+/m0/s1. The number of nitrogens with zero attached hydrogens (tertiary/aromatic N) is 4. The lowest BCUT2D eigenvalue weighted by molar-refractivity contribution is -0.152. The van der Waals surface area contributed by atoms with Crippen molar-refractivity contribution in [3.63, 3.8) is 0 Å². The van der Waals surface area contributed by atoms with Crippen molar-refractivity contribution >= 4 is 23.0 Å². The van der Waals surface area contributed by atoms with Crippen LogP contribution in [0.1, 0.15) is 20.1 Å². The molecule has 3 heterocycles. The van der Waals surface area contributed by atoms with Crippen molar-refractivity contribution in [2.24, 2.45) is 11.7 Å². The van der Waals surface area contributed by atoms with Crippen LogP contribution in [0, 0.1) is 5.92 Å². The van der Waals surface area contributed by atoms with Gasteiger partial charge < -0.3 is 26.0 Å². The van der Waals surface area contributed by atoms with Gasteiger partial charge in [-0.1, -0.05) is 13.8 Å². The number of alkyl halides is 1. The number of rotatable bonds is 5. The third kappa shape index (κ3) is 3.20. The van der Waals surface area contributed by atoms with Gasteiger partial charge in [-0.25, -0.2) is 19.3 Å². The van der Waals surface area contributed by atoms with Crippen LogP contribution in [0.25, 0.3) is 11.2 Å². The minimum absolute atomic E-state index is 0.110. The molecule has 2 aromatic rings. The summed E-state index contributed by atoms with van der Waals surface area (Å²) < 4.78 is 26.5. The highest BCUT2D eigenvalue weighted by Crippen LogP contribution is 2.34. The number of fused-ring (bicyclic) bond motifs is 1. The number of halogens is 1. The number of nitrogens with two attached hydrogens (primary N) is 2. The molecule has 1 aliphatic heterocycles. The number of anilines is 1. The minimum Gasteiger partial charge on any atom is -0.462 e. The van der Waals surface area contributed by atoms with Crippen molar-refractivity contribution < 1.29 is 23.8 Å². The van der Waals surface area contributed by atoms with E-state index in [1.807, 2.05) is 0 Å². The Kier molecular flexibility index (Phi) is 5.03. The lowest BCUT2D eigenvalue weighted by Gasteiger charge is -2.18. The number of hydrogen-bond acceptors (Lipinski definition) is 9. The number of hydrogen-bond donors (Lipinski definition) is 3. The summed E-state index contributed by atoms with van der Waals surface area (Å²) in [6, 6.07) is -0.803. The van der Waals surface area contributed by atoms with E-state index in [1.54, 1.807) is 13.8 Å². The van der Waals surface area contributed by atoms with Crippen molar-refractivity contribution in [1.82, 2.24) is 19.5 Å². The van der Waals surface area contributed by atoms with Crippen LogP contribution in [-0.2, 0) is 14.3 Å². The first-order valence-corrected chi connectivity index (χ1v) is 8.14. The van der Waals surface area contributed by atoms with Crippen molar-refractivity contribution in [3.8, 4) is 0 Å². The lowest BCUT2D eigenvalue weighted by Crippen LogP contribution is -2.40. The van der Waals surface area contributed by atoms with E-state index in [9.17, 15) is 14.3 Å². The summed E-state index contributed by atoms with van der Waals surface area (Å²) in [5.74, 6) is -0.597. The maximum atomic E-state index is 14.6. The molecule has 0 saturated carbocycles. The lowest BCUT2D eigenvalue weighted by atomic mass is 10.1. The maximum absolute atomic E-state index is 14.6. The second-order valence-corrected chi connectivity index (χ2v) is 6.48. The average Bonchev–Trinajstić information content (AvgIpc) is 3.15. The maximum Gasteiger partial charge on any atom is 0.323 e. The zero-order chi connectivity index (χ0) is 19.0. The summed E-state index contributed by atoms with van der Waals surface area (Å²) in [5, 5.41) is 10.1. The smallest absolute Gasteiger partial charge is 0.323 e. The van der Waals surface area contributed by atoms with Gasteiger partial charge in [0.15, 0.2) is 23.9 Å². The van der Waals surface area contributed by atoms with Crippen LogP contribution in [0.2, 0.25) is 0 Å². The summed E-state index contributed by atoms with van der Waals surface area (Å²) in [5.41, 5.74) is 12.0. The van der Waals surface area contributed by atoms with E-state index >= 15 is 0 Å². The quantitative estimate of drug-likeness (QED) is 0.595. The molecule has 1 aliphatic rings. The van der Waals surface area contributed by atoms with E-state index in [-0.39, 0.29) is 24.0 Å². The summed E-state index contributed by atoms with van der Waals surface area (Å²) in [6.07, 6.45) is -2.96. The molecule has 5 N–H and O–H groups in total. The molecule has 11 heteroatoms. The number of aliphatic hydroxyl groups is 1. The predicted molar refractivity (Wildman–Crippen MR) is 88.3 cm³/mol. The number of carbonyl (C=O) groups is 1. The van der Waals surface area contributed by atoms with Crippen LogP contribution in [0.5, 0.6) is 0 Å². The fourth-order valence-corrected chi connectivity index (χ4v) is 2.65. The molecule has 26 heavy (non-hydrogen) atoms. The number of carbonyl (C=O) groups excluding carboxylic acids is 1. The molecule has 2 aromatic heterocycles. The number of imidazole rings is 1. The number of aliphatic hydroxyl groups excluding tert-OH is 1. The van der Waals surface area contributed by atoms with E-state index in [1.165, 1.54) is 17.2 Å². The molecule has 10 nitrogen and oxygen atoms in total. The Balaban J connectivity index is 1.73. The normalized spacial score (nSPS) is 27.2. The zero-order valence-electron chi connectivity index (χ0n) is 14.3. The highest BCUT2D eigenvalue weighted by atomic mass is 19.1. The summed E-state index contributed by atoms with van der Waals surface area (Å²) >= 11 is 0. The van der Waals surface area contributed by atoms with E-state index < -0.39 is 36.6 Å². The topological polar surface area (TPSA) is 151 Å². The van der Waals surface area contributed by atoms with Crippen molar-refractivity contribution in [1.29, 1.82) is 0 Å². The molecule has 0 radical (unpaired) electrons. The van der Waals surface area contributed by atoms with Gasteiger partial charge in [0.05, 0.1) is 6.33 Å². The Morgan fingerprint density at radius 1 is 1.46 bits per heavy atom. The van der Waals surface area contributed by atoms with Gasteiger partial charge in [-0.05, 0) is 5.92 Å². The summed E-state index contributed by atoms with van der Waals surface area (Å²) in [4.78, 5) is 23.7. The van der Waals surface area contributed by atoms with Crippen molar-refractivity contribution in [2.45, 2.75) is 44.5 Å². The highest BCUT2D eigenvalue weighted by Gasteiger charge is 2.46. The average molecular weight is 368 g/mol. The van der Waals surface area contributed by atoms with Gasteiger partial charge in [-0.3, -0.25) is 9.36 Å². The van der Waals surface area contributed by atoms with E-state index in [2.05, 4.69) is 15.0 Å². The third-order valence-corrected chi connectivity index (χ3v) is 4.34. The highest BCUT2D eigenvalue weighted by molar-refractivity contribution is 5.81. The van der Waals surface area contributed by atoms with Crippen molar-refractivity contribution in [2.75, 3.05) is 12.3 Å². The monoisotopic (exact) mass is 368 g/mol. The van der Waals surface area contributed by atoms with E-state index in [0.717, 1.165) is 0 Å². The third-order valence-electron chi connectivity index (χ3n) is 4.34. The van der Waals surface area contributed by atoms with Gasteiger partial charge in [0.25, 0.3) is 0 Å². The summed E-state index contributed by atoms with van der Waals surface area (Å²) in [6.45, 7) is 3.23. The molecule has 0 amide bonds. The SMILES string of the molecule is CC(C)[C@@H](N)C(=O)OC[C@@H]1O[C@@H](n2cnc3c(N)ncnc32)[C@H](F)[C@H]1O. The first kappa shape index (κ1) is 18.4. The predicted octanol–water partition coefficient (Wildman–Crippen LogP) is -0.469. The Labute approximate surface area is 148 Å². The Hall–Kier alpha value is -2.37. The van der Waals surface area contributed by atoms with Gasteiger partial charge in [0, 0.05) is 0 Å². The van der Waals surface area contributed by atoms with E-state index in [0.29, 0.717) is 5.52 Å². The largest absolute Gasteiger partial charge is 0.462 e. The van der Waals surface area contributed by atoms with Crippen molar-refractivity contribution in [3.05, 3.63) is 12.7 Å². The molecular formula is C15H21FN6O4. The number of ether oxygens (including phenoxy) is 2. The molecule has 1 saturated heterocycles. The molecule has 3 rings (SSSR count). The molecule has 0 unspecified atom stereocenters. The summed E-state index contributed by atoms with van der Waals surface area (Å²) in [7, 11) is 0. The first-order chi connectivity index (χ1) is 12.3. The Morgan fingerprint density at radius 2 is 2.19 bits per heavy atom. The number of esters is 1. The molecule has 5 atom stereocenters. The molecule has 1 fully saturated rings. The van der Waals surface area contributed by atoms with E-state index in [4.69, 9.17) is 20.9 Å². The molecule has 0 spiro atoms. The Morgan fingerprint density at radius 3 is 2.88 bits per heavy atom. The van der Waals surface area contributed by atoms with Gasteiger partial charge in [0.1, 0.15) is 36.7 Å². The second kappa shape index (κ2) is 7.09. The molecular weight excluding hydrogens is 347 g/mol. The molecule has 0 aliphatic carbocycles. The van der Waals surface area contributed by atoms with Crippen LogP contribution < -0.4 is 11.5 Å². The molecule has 0 aromatic carbocycles. The van der Waals surface area contributed by atoms with Crippen LogP contribution in [0.3, 0.4) is 0 Å². The van der Waals surface area contributed by atoms with Crippen LogP contribution in [0.15, 0.2) is 12.7 Å². The van der Waals surface area contributed by atoms with Gasteiger partial charge in [-0.15, -0.1) is 0 Å². The van der Waals surface area contributed by atoms with Gasteiger partial charge >= 0.3 is 5.97 Å². The number of nitrogen functional groups attached to an aromatic ring is 1. The van der Waals surface area contributed by atoms with Crippen LogP contribution in [-0.4, -0.2) is 61.6 Å². The van der Waals surface area contributed by atoms with Crippen LogP contribution in [0.4, 0.5) is 10.2 Å². The Bertz CT molecular complexity index is 800. The molecule has 142 valence electrons. The fourth-order valence-electron chi connectivity index (χ4n) is 2.65. The van der Waals surface area contributed by atoms with Gasteiger partial charge in [0.2, 0.25) is 0 Å². The number of aromatic nitrogens is 4.